The van der Waals surface area contributed by atoms with Crippen LogP contribution in [-0.2, 0) is 16.1 Å². The number of ether oxygens (including phenoxy) is 2. The van der Waals surface area contributed by atoms with Crippen LogP contribution in [0.3, 0.4) is 0 Å². The molecule has 0 radical (unpaired) electrons. The van der Waals surface area contributed by atoms with Gasteiger partial charge < -0.3 is 19.9 Å². The van der Waals surface area contributed by atoms with Gasteiger partial charge in [0.2, 0.25) is 0 Å². The fraction of sp³-hybridized carbons (Fsp3) is 0.458. The third-order valence-corrected chi connectivity index (χ3v) is 5.36. The topological polar surface area (TPSA) is 67.8 Å². The molecule has 0 bridgehead atoms. The molecule has 0 amide bonds. The molecule has 29 heavy (non-hydrogen) atoms. The smallest absolute Gasteiger partial charge is 0.320 e. The van der Waals surface area contributed by atoms with Gasteiger partial charge in [0, 0.05) is 6.04 Å². The summed E-state index contributed by atoms with van der Waals surface area (Å²) in [4.78, 5) is 12.0. The normalized spacial score (nSPS) is 16.8. The van der Waals surface area contributed by atoms with Crippen molar-refractivity contribution in [3.63, 3.8) is 0 Å². The van der Waals surface area contributed by atoms with E-state index in [0.29, 0.717) is 6.61 Å². The predicted molar refractivity (Wildman–Crippen MR) is 113 cm³/mol. The molecule has 5 heteroatoms. The van der Waals surface area contributed by atoms with E-state index >= 15 is 0 Å². The van der Waals surface area contributed by atoms with Crippen LogP contribution in [0.1, 0.15) is 56.3 Å². The van der Waals surface area contributed by atoms with Crippen LogP contribution < -0.4 is 10.1 Å². The molecule has 5 nitrogen and oxygen atoms in total. The van der Waals surface area contributed by atoms with Gasteiger partial charge in [-0.25, -0.2) is 0 Å². The molecule has 1 saturated carbocycles. The number of rotatable bonds is 9. The standard InChI is InChI=1S/C24H31NO4/c1-18(25-16-23(26)29-22-10-6-3-7-11-22)24(27)20-12-14-21(15-13-20)28-17-19-8-4-2-5-9-19/h2,4-5,8-9,12-15,18,22,24-25,27H,3,6-7,10-11,16-17H2,1H3. The number of esters is 1. The number of aliphatic hydroxyl groups excluding tert-OH is 1. The second kappa shape index (κ2) is 11.0. The van der Waals surface area contributed by atoms with Gasteiger partial charge in [0.1, 0.15) is 18.5 Å². The molecule has 1 fully saturated rings. The molecule has 0 saturated heterocycles. The second-order valence-corrected chi connectivity index (χ2v) is 7.71. The summed E-state index contributed by atoms with van der Waals surface area (Å²) in [5, 5.41) is 13.6. The number of aliphatic hydroxyl groups is 1. The summed E-state index contributed by atoms with van der Waals surface area (Å²) in [5.74, 6) is 0.502. The molecule has 1 aliphatic carbocycles. The van der Waals surface area contributed by atoms with Crippen molar-refractivity contribution in [2.75, 3.05) is 6.54 Å². The van der Waals surface area contributed by atoms with Crippen molar-refractivity contribution in [2.24, 2.45) is 0 Å². The van der Waals surface area contributed by atoms with Gasteiger partial charge in [0.25, 0.3) is 0 Å². The van der Waals surface area contributed by atoms with Crippen LogP contribution in [0.2, 0.25) is 0 Å². The Bertz CT molecular complexity index is 741. The van der Waals surface area contributed by atoms with E-state index in [1.165, 1.54) is 6.42 Å². The first-order chi connectivity index (χ1) is 14.1. The Kier molecular flexibility index (Phi) is 8.08. The van der Waals surface area contributed by atoms with Crippen LogP contribution in [-0.4, -0.2) is 29.8 Å². The Hall–Kier alpha value is -2.37. The number of carbonyl (C=O) groups is 1. The van der Waals surface area contributed by atoms with Gasteiger partial charge in [0.15, 0.2) is 0 Å². The third-order valence-electron chi connectivity index (χ3n) is 5.36. The molecule has 0 aromatic heterocycles. The molecule has 156 valence electrons. The number of carbonyl (C=O) groups excluding carboxylic acids is 1. The maximum atomic E-state index is 12.0. The highest BCUT2D eigenvalue weighted by atomic mass is 16.5. The summed E-state index contributed by atoms with van der Waals surface area (Å²) in [6, 6.07) is 17.1. The van der Waals surface area contributed by atoms with E-state index in [1.54, 1.807) is 0 Å². The zero-order valence-electron chi connectivity index (χ0n) is 17.0. The number of hydrogen-bond acceptors (Lipinski definition) is 5. The highest BCUT2D eigenvalue weighted by molar-refractivity contribution is 5.71. The first-order valence-corrected chi connectivity index (χ1v) is 10.5. The molecule has 2 aromatic carbocycles. The molecule has 2 aromatic rings. The summed E-state index contributed by atoms with van der Waals surface area (Å²) >= 11 is 0. The molecule has 2 unspecified atom stereocenters. The van der Waals surface area contributed by atoms with Crippen LogP contribution >= 0.6 is 0 Å². The van der Waals surface area contributed by atoms with Gasteiger partial charge in [-0.05, 0) is 55.9 Å². The zero-order valence-corrected chi connectivity index (χ0v) is 17.0. The lowest BCUT2D eigenvalue weighted by molar-refractivity contribution is -0.149. The SMILES string of the molecule is CC(NCC(=O)OC1CCCCC1)C(O)c1ccc(OCc2ccccc2)cc1. The minimum absolute atomic E-state index is 0.0571. The van der Waals surface area contributed by atoms with Crippen molar-refractivity contribution in [3.8, 4) is 5.75 Å². The molecule has 2 atom stereocenters. The highest BCUT2D eigenvalue weighted by Gasteiger charge is 2.20. The van der Waals surface area contributed by atoms with Crippen LogP contribution in [0.15, 0.2) is 54.6 Å². The Morgan fingerprint density at radius 1 is 1.07 bits per heavy atom. The predicted octanol–water partition coefficient (Wildman–Crippen LogP) is 4.15. The Morgan fingerprint density at radius 2 is 1.76 bits per heavy atom. The molecular formula is C24H31NO4. The summed E-state index contributed by atoms with van der Waals surface area (Å²) in [6.07, 6.45) is 4.75. The highest BCUT2D eigenvalue weighted by Crippen LogP contribution is 2.22. The van der Waals surface area contributed by atoms with E-state index in [2.05, 4.69) is 5.32 Å². The van der Waals surface area contributed by atoms with Crippen LogP contribution in [0.25, 0.3) is 0 Å². The van der Waals surface area contributed by atoms with E-state index in [-0.39, 0.29) is 24.7 Å². The molecule has 3 rings (SSSR count). The lowest BCUT2D eigenvalue weighted by Gasteiger charge is -2.23. The van der Waals surface area contributed by atoms with E-state index in [9.17, 15) is 9.90 Å². The van der Waals surface area contributed by atoms with Gasteiger partial charge in [-0.15, -0.1) is 0 Å². The van der Waals surface area contributed by atoms with Crippen molar-refractivity contribution >= 4 is 5.97 Å². The fourth-order valence-electron chi connectivity index (χ4n) is 3.56. The summed E-state index contributed by atoms with van der Waals surface area (Å²) in [5.41, 5.74) is 1.88. The van der Waals surface area contributed by atoms with E-state index in [4.69, 9.17) is 9.47 Å². The average molecular weight is 398 g/mol. The van der Waals surface area contributed by atoms with E-state index in [0.717, 1.165) is 42.6 Å². The molecule has 0 heterocycles. The van der Waals surface area contributed by atoms with Crippen molar-refractivity contribution in [1.82, 2.24) is 5.32 Å². The largest absolute Gasteiger partial charge is 0.489 e. The van der Waals surface area contributed by atoms with Crippen LogP contribution in [0.5, 0.6) is 5.75 Å². The van der Waals surface area contributed by atoms with Gasteiger partial charge in [0.05, 0.1) is 12.6 Å². The number of hydrogen-bond donors (Lipinski definition) is 2. The molecule has 0 aliphatic heterocycles. The summed E-state index contributed by atoms with van der Waals surface area (Å²) in [7, 11) is 0. The van der Waals surface area contributed by atoms with Crippen molar-refractivity contribution in [1.29, 1.82) is 0 Å². The lowest BCUT2D eigenvalue weighted by atomic mass is 9.98. The minimum Gasteiger partial charge on any atom is -0.489 e. The molecular weight excluding hydrogens is 366 g/mol. The Balaban J connectivity index is 1.42. The average Bonchev–Trinajstić information content (AvgIpc) is 2.77. The minimum atomic E-state index is -0.722. The second-order valence-electron chi connectivity index (χ2n) is 7.71. The number of nitrogens with one attached hydrogen (secondary N) is 1. The van der Waals surface area contributed by atoms with Gasteiger partial charge in [-0.3, -0.25) is 4.79 Å². The van der Waals surface area contributed by atoms with E-state index in [1.807, 2.05) is 61.5 Å². The first-order valence-electron chi connectivity index (χ1n) is 10.5. The summed E-state index contributed by atoms with van der Waals surface area (Å²) in [6.45, 7) is 2.47. The quantitative estimate of drug-likeness (QED) is 0.622. The Morgan fingerprint density at radius 3 is 2.45 bits per heavy atom. The van der Waals surface area contributed by atoms with Gasteiger partial charge >= 0.3 is 5.97 Å². The van der Waals surface area contributed by atoms with Crippen molar-refractivity contribution < 1.29 is 19.4 Å². The molecule has 1 aliphatic rings. The van der Waals surface area contributed by atoms with Crippen molar-refractivity contribution in [3.05, 3.63) is 65.7 Å². The van der Waals surface area contributed by atoms with Crippen LogP contribution in [0.4, 0.5) is 0 Å². The fourth-order valence-corrected chi connectivity index (χ4v) is 3.56. The van der Waals surface area contributed by atoms with Crippen molar-refractivity contribution in [2.45, 2.75) is 63.9 Å². The maximum Gasteiger partial charge on any atom is 0.320 e. The Labute approximate surface area is 173 Å². The van der Waals surface area contributed by atoms with Crippen LogP contribution in [0, 0.1) is 0 Å². The first kappa shape index (κ1) is 21.3. The number of benzene rings is 2. The molecule has 2 N–H and O–H groups in total. The maximum absolute atomic E-state index is 12.0. The van der Waals surface area contributed by atoms with Gasteiger partial charge in [-0.2, -0.15) is 0 Å². The monoisotopic (exact) mass is 397 g/mol. The van der Waals surface area contributed by atoms with Gasteiger partial charge in [-0.1, -0.05) is 48.9 Å². The molecule has 0 spiro atoms. The lowest BCUT2D eigenvalue weighted by Crippen LogP contribution is -2.37. The third kappa shape index (κ3) is 6.87. The summed E-state index contributed by atoms with van der Waals surface area (Å²) < 4.78 is 11.3. The zero-order chi connectivity index (χ0) is 20.5. The van der Waals surface area contributed by atoms with E-state index < -0.39 is 6.10 Å².